The first kappa shape index (κ1) is 18.9. The molecular formula is C17H27N3O3S. The van der Waals surface area contributed by atoms with E-state index < -0.39 is 10.0 Å². The van der Waals surface area contributed by atoms with Gasteiger partial charge in [0.2, 0.25) is 10.0 Å². The molecule has 0 bridgehead atoms. The van der Waals surface area contributed by atoms with Gasteiger partial charge in [-0.3, -0.25) is 4.79 Å². The first-order chi connectivity index (χ1) is 11.1. The lowest BCUT2D eigenvalue weighted by Crippen LogP contribution is -2.47. The van der Waals surface area contributed by atoms with Crippen molar-refractivity contribution in [3.05, 3.63) is 35.4 Å². The summed E-state index contributed by atoms with van der Waals surface area (Å²) in [4.78, 5) is 14.2. The zero-order valence-electron chi connectivity index (χ0n) is 14.9. The van der Waals surface area contributed by atoms with Gasteiger partial charge in [-0.15, -0.1) is 0 Å². The lowest BCUT2D eigenvalue weighted by molar-refractivity contribution is 0.0919. The fraction of sp³-hybridized carbons (Fsp3) is 0.588. The molecule has 0 unspecified atom stereocenters. The molecule has 1 heterocycles. The van der Waals surface area contributed by atoms with Crippen LogP contribution in [0.3, 0.4) is 0 Å². The van der Waals surface area contributed by atoms with Crippen LogP contribution >= 0.6 is 0 Å². The highest BCUT2D eigenvalue weighted by Crippen LogP contribution is 2.14. The molecule has 2 rings (SSSR count). The molecule has 1 N–H and O–H groups in total. The molecule has 1 aliphatic heterocycles. The SMILES string of the molecule is CN1CCN(S(=O)(=O)Cc2ccc(C(=O)NC(C)(C)C)cc2)CC1. The predicted octanol–water partition coefficient (Wildman–Crippen LogP) is 1.29. The van der Waals surface area contributed by atoms with E-state index in [1.165, 1.54) is 0 Å². The fourth-order valence-corrected chi connectivity index (χ4v) is 4.05. The Morgan fingerprint density at radius 2 is 1.62 bits per heavy atom. The number of amides is 1. The van der Waals surface area contributed by atoms with E-state index in [0.29, 0.717) is 24.2 Å². The Labute approximate surface area is 144 Å². The first-order valence-corrected chi connectivity index (χ1v) is 9.75. The van der Waals surface area contributed by atoms with E-state index in [1.807, 2.05) is 27.8 Å². The van der Waals surface area contributed by atoms with Crippen molar-refractivity contribution in [2.45, 2.75) is 32.1 Å². The molecule has 1 amide bonds. The van der Waals surface area contributed by atoms with Crippen LogP contribution in [-0.4, -0.2) is 62.3 Å². The van der Waals surface area contributed by atoms with Crippen molar-refractivity contribution in [3.63, 3.8) is 0 Å². The summed E-state index contributed by atoms with van der Waals surface area (Å²) in [7, 11) is -1.32. The van der Waals surface area contributed by atoms with Crippen LogP contribution in [0.1, 0.15) is 36.7 Å². The van der Waals surface area contributed by atoms with Crippen molar-refractivity contribution in [1.82, 2.24) is 14.5 Å². The van der Waals surface area contributed by atoms with Gasteiger partial charge in [0.15, 0.2) is 0 Å². The monoisotopic (exact) mass is 353 g/mol. The van der Waals surface area contributed by atoms with Crippen LogP contribution in [0.25, 0.3) is 0 Å². The molecule has 0 saturated carbocycles. The highest BCUT2D eigenvalue weighted by molar-refractivity contribution is 7.88. The number of nitrogens with one attached hydrogen (secondary N) is 1. The Kier molecular flexibility index (Phi) is 5.67. The first-order valence-electron chi connectivity index (χ1n) is 8.15. The minimum Gasteiger partial charge on any atom is -0.347 e. The molecule has 6 nitrogen and oxygen atoms in total. The average Bonchev–Trinajstić information content (AvgIpc) is 2.46. The van der Waals surface area contributed by atoms with Crippen molar-refractivity contribution >= 4 is 15.9 Å². The minimum atomic E-state index is -3.32. The fourth-order valence-electron chi connectivity index (χ4n) is 2.53. The number of nitrogens with zero attached hydrogens (tertiary/aromatic N) is 2. The van der Waals surface area contributed by atoms with E-state index in [0.717, 1.165) is 13.1 Å². The van der Waals surface area contributed by atoms with Crippen LogP contribution in [0.15, 0.2) is 24.3 Å². The Morgan fingerprint density at radius 3 is 2.12 bits per heavy atom. The van der Waals surface area contributed by atoms with Gasteiger partial charge in [0.1, 0.15) is 0 Å². The second kappa shape index (κ2) is 7.21. The zero-order valence-corrected chi connectivity index (χ0v) is 15.7. The molecule has 0 aliphatic carbocycles. The number of hydrogen-bond acceptors (Lipinski definition) is 4. The summed E-state index contributed by atoms with van der Waals surface area (Å²) in [5, 5.41) is 2.89. The van der Waals surface area contributed by atoms with E-state index in [-0.39, 0.29) is 17.2 Å². The van der Waals surface area contributed by atoms with Gasteiger partial charge < -0.3 is 10.2 Å². The number of rotatable bonds is 4. The van der Waals surface area contributed by atoms with E-state index in [1.54, 1.807) is 28.6 Å². The summed E-state index contributed by atoms with van der Waals surface area (Å²) in [6, 6.07) is 6.78. The topological polar surface area (TPSA) is 69.7 Å². The summed E-state index contributed by atoms with van der Waals surface area (Å²) >= 11 is 0. The van der Waals surface area contributed by atoms with Gasteiger partial charge in [-0.2, -0.15) is 4.31 Å². The van der Waals surface area contributed by atoms with Gasteiger partial charge in [-0.1, -0.05) is 12.1 Å². The number of hydrogen-bond donors (Lipinski definition) is 1. The van der Waals surface area contributed by atoms with Crippen LogP contribution in [-0.2, 0) is 15.8 Å². The van der Waals surface area contributed by atoms with E-state index in [9.17, 15) is 13.2 Å². The summed E-state index contributed by atoms with van der Waals surface area (Å²) in [6.07, 6.45) is 0. The molecule has 1 aromatic carbocycles. The summed E-state index contributed by atoms with van der Waals surface area (Å²) in [6.45, 7) is 8.33. The van der Waals surface area contributed by atoms with Crippen LogP contribution in [0.2, 0.25) is 0 Å². The van der Waals surface area contributed by atoms with Crippen LogP contribution < -0.4 is 5.32 Å². The lowest BCUT2D eigenvalue weighted by Gasteiger charge is -2.31. The molecule has 0 radical (unpaired) electrons. The van der Waals surface area contributed by atoms with Gasteiger partial charge in [-0.25, -0.2) is 8.42 Å². The highest BCUT2D eigenvalue weighted by Gasteiger charge is 2.26. The Bertz CT molecular complexity index is 670. The van der Waals surface area contributed by atoms with Crippen LogP contribution in [0.5, 0.6) is 0 Å². The van der Waals surface area contributed by atoms with Gasteiger partial charge in [0, 0.05) is 37.3 Å². The second-order valence-corrected chi connectivity index (χ2v) is 9.33. The maximum Gasteiger partial charge on any atom is 0.251 e. The molecule has 1 fully saturated rings. The Morgan fingerprint density at radius 1 is 1.08 bits per heavy atom. The number of likely N-dealkylation sites (N-methyl/N-ethyl adjacent to an activating group) is 1. The standard InChI is InChI=1S/C17H27N3O3S/c1-17(2,3)18-16(21)15-7-5-14(6-8-15)13-24(22,23)20-11-9-19(4)10-12-20/h5-8H,9-13H2,1-4H3,(H,18,21). The molecule has 1 aromatic rings. The number of carbonyl (C=O) groups excluding carboxylic acids is 1. The summed E-state index contributed by atoms with van der Waals surface area (Å²) in [5.74, 6) is -0.186. The van der Waals surface area contributed by atoms with Gasteiger partial charge >= 0.3 is 0 Å². The molecule has 0 aromatic heterocycles. The molecule has 1 saturated heterocycles. The van der Waals surface area contributed by atoms with Gasteiger partial charge in [-0.05, 0) is 45.5 Å². The Hall–Kier alpha value is -1.44. The largest absolute Gasteiger partial charge is 0.347 e. The van der Waals surface area contributed by atoms with Gasteiger partial charge in [0.25, 0.3) is 5.91 Å². The molecule has 1 aliphatic rings. The molecule has 0 spiro atoms. The molecule has 24 heavy (non-hydrogen) atoms. The number of carbonyl (C=O) groups is 1. The average molecular weight is 353 g/mol. The third-order valence-electron chi connectivity index (χ3n) is 3.91. The molecular weight excluding hydrogens is 326 g/mol. The van der Waals surface area contributed by atoms with Crippen molar-refractivity contribution in [2.75, 3.05) is 33.2 Å². The minimum absolute atomic E-state index is 0.0299. The van der Waals surface area contributed by atoms with Crippen molar-refractivity contribution in [2.24, 2.45) is 0 Å². The second-order valence-electron chi connectivity index (χ2n) is 7.36. The number of sulfonamides is 1. The zero-order chi connectivity index (χ0) is 18.0. The van der Waals surface area contributed by atoms with E-state index in [4.69, 9.17) is 0 Å². The molecule has 134 valence electrons. The smallest absolute Gasteiger partial charge is 0.251 e. The third kappa shape index (κ3) is 5.29. The van der Waals surface area contributed by atoms with Crippen molar-refractivity contribution in [3.8, 4) is 0 Å². The maximum atomic E-state index is 12.5. The Balaban J connectivity index is 2.02. The summed E-state index contributed by atoms with van der Waals surface area (Å²) < 4.78 is 26.5. The van der Waals surface area contributed by atoms with Crippen LogP contribution in [0, 0.1) is 0 Å². The van der Waals surface area contributed by atoms with Crippen molar-refractivity contribution < 1.29 is 13.2 Å². The van der Waals surface area contributed by atoms with E-state index in [2.05, 4.69) is 10.2 Å². The summed E-state index contributed by atoms with van der Waals surface area (Å²) in [5.41, 5.74) is 0.924. The highest BCUT2D eigenvalue weighted by atomic mass is 32.2. The van der Waals surface area contributed by atoms with Gasteiger partial charge in [0.05, 0.1) is 5.75 Å². The quantitative estimate of drug-likeness (QED) is 0.886. The number of benzene rings is 1. The lowest BCUT2D eigenvalue weighted by atomic mass is 10.1. The molecule has 0 atom stereocenters. The van der Waals surface area contributed by atoms with Crippen molar-refractivity contribution in [1.29, 1.82) is 0 Å². The normalized spacial score (nSPS) is 17.7. The van der Waals surface area contributed by atoms with Crippen LogP contribution in [0.4, 0.5) is 0 Å². The predicted molar refractivity (Wildman–Crippen MR) is 95.4 cm³/mol. The number of piperazine rings is 1. The van der Waals surface area contributed by atoms with E-state index >= 15 is 0 Å². The third-order valence-corrected chi connectivity index (χ3v) is 5.76. The maximum absolute atomic E-state index is 12.5. The molecule has 7 heteroatoms.